The van der Waals surface area contributed by atoms with Gasteiger partial charge in [-0.3, -0.25) is 0 Å². The Morgan fingerprint density at radius 2 is 1.80 bits per heavy atom. The third-order valence-corrected chi connectivity index (χ3v) is 2.28. The highest BCUT2D eigenvalue weighted by Gasteiger charge is 2.19. The van der Waals surface area contributed by atoms with E-state index in [1.807, 2.05) is 6.07 Å². The van der Waals surface area contributed by atoms with E-state index in [4.69, 9.17) is 4.84 Å². The third kappa shape index (κ3) is 4.45. The molecule has 84 valence electrons. The Labute approximate surface area is 92.6 Å². The van der Waals surface area contributed by atoms with Gasteiger partial charge in [0.05, 0.1) is 13.2 Å². The summed E-state index contributed by atoms with van der Waals surface area (Å²) in [6.45, 7) is 6.71. The van der Waals surface area contributed by atoms with Crippen molar-refractivity contribution in [3.63, 3.8) is 0 Å². The van der Waals surface area contributed by atoms with Crippen LogP contribution in [0.5, 0.6) is 0 Å². The van der Waals surface area contributed by atoms with E-state index in [1.165, 1.54) is 5.56 Å². The Morgan fingerprint density at radius 1 is 1.20 bits per heavy atom. The maximum Gasteiger partial charge on any atom is 0.0576 e. The highest BCUT2D eigenvalue weighted by atomic mass is 16.6. The summed E-state index contributed by atoms with van der Waals surface area (Å²) in [4.78, 5) is 5.05. The molecule has 0 spiro atoms. The van der Waals surface area contributed by atoms with Gasteiger partial charge in [0.15, 0.2) is 0 Å². The molecule has 15 heavy (non-hydrogen) atoms. The first-order chi connectivity index (χ1) is 7.03. The molecule has 1 N–H and O–H groups in total. The molecule has 0 bridgehead atoms. The molecule has 0 radical (unpaired) electrons. The van der Waals surface area contributed by atoms with Crippen molar-refractivity contribution in [2.75, 3.05) is 7.11 Å². The average molecular weight is 207 g/mol. The minimum absolute atomic E-state index is 0.260. The Hall–Kier alpha value is -0.860. The van der Waals surface area contributed by atoms with Crippen molar-refractivity contribution in [3.8, 4) is 0 Å². The fourth-order valence-corrected chi connectivity index (χ4v) is 1.67. The van der Waals surface area contributed by atoms with E-state index in [-0.39, 0.29) is 11.5 Å². The lowest BCUT2D eigenvalue weighted by Crippen LogP contribution is -2.24. The molecule has 0 aliphatic heterocycles. The van der Waals surface area contributed by atoms with E-state index < -0.39 is 0 Å². The van der Waals surface area contributed by atoms with Gasteiger partial charge in [-0.1, -0.05) is 51.1 Å². The summed E-state index contributed by atoms with van der Waals surface area (Å²) in [5, 5.41) is 0. The molecule has 1 unspecified atom stereocenters. The molecular weight excluding hydrogens is 186 g/mol. The smallest absolute Gasteiger partial charge is 0.0576 e. The summed E-state index contributed by atoms with van der Waals surface area (Å²) in [6, 6.07) is 10.7. The van der Waals surface area contributed by atoms with Crippen LogP contribution in [0.15, 0.2) is 30.3 Å². The summed E-state index contributed by atoms with van der Waals surface area (Å²) in [5.74, 6) is 0. The van der Waals surface area contributed by atoms with Gasteiger partial charge in [0.1, 0.15) is 0 Å². The van der Waals surface area contributed by atoms with Crippen molar-refractivity contribution in [1.29, 1.82) is 0 Å². The summed E-state index contributed by atoms with van der Waals surface area (Å²) >= 11 is 0. The lowest BCUT2D eigenvalue weighted by molar-refractivity contribution is 0.0469. The zero-order valence-electron chi connectivity index (χ0n) is 10.1. The van der Waals surface area contributed by atoms with Crippen LogP contribution in [0.4, 0.5) is 0 Å². The number of hydroxylamine groups is 1. The van der Waals surface area contributed by atoms with E-state index in [2.05, 4.69) is 50.5 Å². The molecule has 1 atom stereocenters. The molecule has 1 aromatic carbocycles. The van der Waals surface area contributed by atoms with Crippen LogP contribution in [-0.4, -0.2) is 7.11 Å². The Balaban J connectivity index is 2.75. The Bertz CT molecular complexity index is 276. The maximum absolute atomic E-state index is 5.05. The predicted octanol–water partition coefficient (Wildman–Crippen LogP) is 3.31. The van der Waals surface area contributed by atoms with Gasteiger partial charge in [-0.05, 0) is 17.4 Å². The molecule has 1 aromatic rings. The zero-order valence-corrected chi connectivity index (χ0v) is 10.1. The van der Waals surface area contributed by atoms with Crippen LogP contribution in [-0.2, 0) is 4.84 Å². The fraction of sp³-hybridized carbons (Fsp3) is 0.538. The lowest BCUT2D eigenvalue weighted by Gasteiger charge is -2.26. The van der Waals surface area contributed by atoms with Gasteiger partial charge in [0.25, 0.3) is 0 Å². The van der Waals surface area contributed by atoms with Crippen LogP contribution in [0.1, 0.15) is 38.8 Å². The zero-order chi connectivity index (χ0) is 11.3. The number of benzene rings is 1. The summed E-state index contributed by atoms with van der Waals surface area (Å²) in [5.41, 5.74) is 4.61. The minimum Gasteiger partial charge on any atom is -0.305 e. The van der Waals surface area contributed by atoms with Gasteiger partial charge in [-0.15, -0.1) is 0 Å². The topological polar surface area (TPSA) is 21.3 Å². The van der Waals surface area contributed by atoms with Crippen LogP contribution >= 0.6 is 0 Å². The van der Waals surface area contributed by atoms with E-state index in [1.54, 1.807) is 7.11 Å². The molecule has 2 heteroatoms. The fourth-order valence-electron chi connectivity index (χ4n) is 1.67. The summed E-state index contributed by atoms with van der Waals surface area (Å²) < 4.78 is 0. The van der Waals surface area contributed by atoms with Gasteiger partial charge < -0.3 is 4.84 Å². The van der Waals surface area contributed by atoms with E-state index in [0.717, 1.165) is 6.42 Å². The first-order valence-corrected chi connectivity index (χ1v) is 5.36. The monoisotopic (exact) mass is 207 g/mol. The second-order valence-electron chi connectivity index (χ2n) is 5.05. The lowest BCUT2D eigenvalue weighted by atomic mass is 9.86. The second-order valence-corrected chi connectivity index (χ2v) is 5.05. The van der Waals surface area contributed by atoms with Crippen LogP contribution < -0.4 is 5.48 Å². The minimum atomic E-state index is 0.260. The second kappa shape index (κ2) is 5.29. The molecule has 1 rings (SSSR count). The van der Waals surface area contributed by atoms with Gasteiger partial charge in [0.2, 0.25) is 0 Å². The molecule has 0 aromatic heterocycles. The molecule has 0 aliphatic rings. The average Bonchev–Trinajstić information content (AvgIpc) is 2.17. The van der Waals surface area contributed by atoms with Crippen LogP contribution in [0.25, 0.3) is 0 Å². The van der Waals surface area contributed by atoms with Crippen molar-refractivity contribution in [3.05, 3.63) is 35.9 Å². The van der Waals surface area contributed by atoms with Crippen LogP contribution in [0.2, 0.25) is 0 Å². The van der Waals surface area contributed by atoms with Crippen LogP contribution in [0.3, 0.4) is 0 Å². The van der Waals surface area contributed by atoms with Crippen molar-refractivity contribution < 1.29 is 4.84 Å². The van der Waals surface area contributed by atoms with E-state index in [0.29, 0.717) is 0 Å². The number of nitrogens with one attached hydrogen (secondary N) is 1. The normalized spacial score (nSPS) is 13.9. The van der Waals surface area contributed by atoms with Crippen molar-refractivity contribution in [1.82, 2.24) is 5.48 Å². The third-order valence-electron chi connectivity index (χ3n) is 2.28. The first-order valence-electron chi connectivity index (χ1n) is 5.36. The molecule has 0 aliphatic carbocycles. The quantitative estimate of drug-likeness (QED) is 0.765. The highest BCUT2D eigenvalue weighted by Crippen LogP contribution is 2.29. The first kappa shape index (κ1) is 12.2. The molecule has 0 fully saturated rings. The molecule has 0 amide bonds. The Morgan fingerprint density at radius 3 is 2.27 bits per heavy atom. The van der Waals surface area contributed by atoms with E-state index in [9.17, 15) is 0 Å². The molecular formula is C13H21NO. The van der Waals surface area contributed by atoms with Gasteiger partial charge in [-0.2, -0.15) is 5.48 Å². The summed E-state index contributed by atoms with van der Waals surface area (Å²) in [7, 11) is 1.67. The molecule has 0 saturated heterocycles. The number of rotatable bonds is 4. The van der Waals surface area contributed by atoms with Gasteiger partial charge >= 0.3 is 0 Å². The van der Waals surface area contributed by atoms with Crippen molar-refractivity contribution in [2.45, 2.75) is 33.2 Å². The SMILES string of the molecule is CONC(CC(C)(C)C)c1ccccc1. The molecule has 2 nitrogen and oxygen atoms in total. The maximum atomic E-state index is 5.05. The Kier molecular flexibility index (Phi) is 4.30. The van der Waals surface area contributed by atoms with Gasteiger partial charge in [-0.25, -0.2) is 0 Å². The number of hydrogen-bond acceptors (Lipinski definition) is 2. The summed E-state index contributed by atoms with van der Waals surface area (Å²) in [6.07, 6.45) is 1.05. The van der Waals surface area contributed by atoms with Crippen molar-refractivity contribution >= 4 is 0 Å². The highest BCUT2D eigenvalue weighted by molar-refractivity contribution is 5.18. The van der Waals surface area contributed by atoms with Crippen LogP contribution in [0, 0.1) is 5.41 Å². The largest absolute Gasteiger partial charge is 0.305 e. The standard InChI is InChI=1S/C13H21NO/c1-13(2,3)10-12(14-15-4)11-8-6-5-7-9-11/h5-9,12,14H,10H2,1-4H3. The molecule has 0 heterocycles. The van der Waals surface area contributed by atoms with Crippen molar-refractivity contribution in [2.24, 2.45) is 5.41 Å². The van der Waals surface area contributed by atoms with E-state index >= 15 is 0 Å². The molecule has 0 saturated carbocycles. The van der Waals surface area contributed by atoms with Gasteiger partial charge in [0, 0.05) is 0 Å². The number of hydrogen-bond donors (Lipinski definition) is 1. The predicted molar refractivity (Wildman–Crippen MR) is 63.4 cm³/mol.